The molecule has 0 unspecified atom stereocenters. The van der Waals surface area contributed by atoms with Crippen molar-refractivity contribution in [1.82, 2.24) is 0 Å². The van der Waals surface area contributed by atoms with Gasteiger partial charge in [0.2, 0.25) is 5.92 Å². The van der Waals surface area contributed by atoms with E-state index < -0.39 is 29.6 Å². The molecule has 0 amide bonds. The van der Waals surface area contributed by atoms with Crippen LogP contribution in [0.25, 0.3) is 0 Å². The molecule has 9 heteroatoms. The predicted octanol–water partition coefficient (Wildman–Crippen LogP) is 3.38. The summed E-state index contributed by atoms with van der Waals surface area (Å²) in [5, 5.41) is 0. The van der Waals surface area contributed by atoms with Gasteiger partial charge in [-0.25, -0.2) is 0 Å². The van der Waals surface area contributed by atoms with Gasteiger partial charge in [-0.05, 0) is 18.2 Å². The molecular weight excluding hydrogens is 306 g/mol. The van der Waals surface area contributed by atoms with Crippen molar-refractivity contribution < 1.29 is 40.6 Å². The number of Topliss-reactive ketones (excluding diaryl/α,β-unsaturated/α-hetero) is 1. The van der Waals surface area contributed by atoms with Gasteiger partial charge < -0.3 is 9.47 Å². The van der Waals surface area contributed by atoms with Crippen molar-refractivity contribution in [2.75, 3.05) is 13.2 Å². The number of hydrogen-bond acceptors (Lipinski definition) is 3. The van der Waals surface area contributed by atoms with E-state index in [0.717, 1.165) is 18.2 Å². The van der Waals surface area contributed by atoms with E-state index in [1.165, 1.54) is 0 Å². The monoisotopic (exact) mass is 314 g/mol. The maximum atomic E-state index is 12.5. The first-order valence-electron chi connectivity index (χ1n) is 5.68. The van der Waals surface area contributed by atoms with Crippen LogP contribution < -0.4 is 9.47 Å². The van der Waals surface area contributed by atoms with E-state index in [2.05, 4.69) is 0 Å². The molecule has 1 aromatic rings. The number of ketones is 1. The van der Waals surface area contributed by atoms with Gasteiger partial charge >= 0.3 is 12.4 Å². The number of halogens is 6. The Balaban J connectivity index is 2.38. The molecule has 1 heterocycles. The molecule has 0 fully saturated rings. The van der Waals surface area contributed by atoms with Crippen LogP contribution in [0, 0.1) is 5.92 Å². The van der Waals surface area contributed by atoms with Crippen LogP contribution in [0.3, 0.4) is 0 Å². The topological polar surface area (TPSA) is 35.5 Å². The zero-order valence-corrected chi connectivity index (χ0v) is 10.2. The summed E-state index contributed by atoms with van der Waals surface area (Å²) in [6.45, 7) is 0.292. The van der Waals surface area contributed by atoms with Gasteiger partial charge in [0.25, 0.3) is 0 Å². The third-order valence-electron chi connectivity index (χ3n) is 2.74. The van der Waals surface area contributed by atoms with E-state index in [4.69, 9.17) is 9.47 Å². The maximum absolute atomic E-state index is 12.5. The molecule has 0 atom stereocenters. The molecular formula is C12H8F6O3. The summed E-state index contributed by atoms with van der Waals surface area (Å²) in [6, 6.07) is 2.77. The standard InChI is InChI=1S/C12H8F6O3/c13-11(14,15)10(12(16,17)18)9(19)6-1-2-7-8(5-6)21-4-3-20-7/h1-2,5,10H,3-4H2. The van der Waals surface area contributed by atoms with E-state index >= 15 is 0 Å². The summed E-state index contributed by atoms with van der Waals surface area (Å²) in [5.74, 6) is -6.04. The van der Waals surface area contributed by atoms with Crippen molar-refractivity contribution in [3.8, 4) is 11.5 Å². The molecule has 1 aliphatic rings. The molecule has 116 valence electrons. The molecule has 0 radical (unpaired) electrons. The van der Waals surface area contributed by atoms with Crippen LogP contribution in [0.2, 0.25) is 0 Å². The Bertz CT molecular complexity index is 535. The van der Waals surface area contributed by atoms with E-state index in [9.17, 15) is 31.1 Å². The molecule has 0 spiro atoms. The molecule has 3 nitrogen and oxygen atoms in total. The molecule has 0 saturated heterocycles. The summed E-state index contributed by atoms with van der Waals surface area (Å²) in [7, 11) is 0. The summed E-state index contributed by atoms with van der Waals surface area (Å²) in [5.41, 5.74) is -0.737. The van der Waals surface area contributed by atoms with E-state index in [-0.39, 0.29) is 24.7 Å². The number of rotatable bonds is 2. The zero-order chi connectivity index (χ0) is 15.8. The van der Waals surface area contributed by atoms with Crippen LogP contribution in [-0.4, -0.2) is 31.3 Å². The lowest BCUT2D eigenvalue weighted by atomic mass is 9.96. The Kier molecular flexibility index (Phi) is 3.77. The highest BCUT2D eigenvalue weighted by Crippen LogP contribution is 2.42. The molecule has 0 bridgehead atoms. The van der Waals surface area contributed by atoms with Crippen molar-refractivity contribution in [2.24, 2.45) is 5.92 Å². The lowest BCUT2D eigenvalue weighted by Gasteiger charge is -2.23. The van der Waals surface area contributed by atoms with Crippen LogP contribution in [-0.2, 0) is 0 Å². The second-order valence-electron chi connectivity index (χ2n) is 4.24. The first-order valence-corrected chi connectivity index (χ1v) is 5.68. The van der Waals surface area contributed by atoms with Gasteiger partial charge in [-0.1, -0.05) is 0 Å². The summed E-state index contributed by atoms with van der Waals surface area (Å²) in [4.78, 5) is 11.6. The third kappa shape index (κ3) is 3.22. The molecule has 1 aliphatic heterocycles. The lowest BCUT2D eigenvalue weighted by molar-refractivity contribution is -0.264. The molecule has 0 aliphatic carbocycles. The highest BCUT2D eigenvalue weighted by atomic mass is 19.4. The average Bonchev–Trinajstić information content (AvgIpc) is 2.34. The first kappa shape index (κ1) is 15.5. The van der Waals surface area contributed by atoms with E-state index in [1.807, 2.05) is 0 Å². The largest absolute Gasteiger partial charge is 0.486 e. The Labute approximate surface area is 114 Å². The molecule has 0 saturated carbocycles. The van der Waals surface area contributed by atoms with Crippen LogP contribution in [0.1, 0.15) is 10.4 Å². The molecule has 0 aromatic heterocycles. The second kappa shape index (κ2) is 5.12. The van der Waals surface area contributed by atoms with Crippen molar-refractivity contribution >= 4 is 5.78 Å². The van der Waals surface area contributed by atoms with Crippen LogP contribution in [0.5, 0.6) is 11.5 Å². The predicted molar refractivity (Wildman–Crippen MR) is 57.4 cm³/mol. The third-order valence-corrected chi connectivity index (χ3v) is 2.74. The van der Waals surface area contributed by atoms with Gasteiger partial charge in [-0.15, -0.1) is 0 Å². The number of fused-ring (bicyclic) bond motifs is 1. The smallest absolute Gasteiger partial charge is 0.407 e. The molecule has 21 heavy (non-hydrogen) atoms. The second-order valence-corrected chi connectivity index (χ2v) is 4.24. The number of hydrogen-bond donors (Lipinski definition) is 0. The Morgan fingerprint density at radius 1 is 0.952 bits per heavy atom. The van der Waals surface area contributed by atoms with Gasteiger partial charge in [-0.3, -0.25) is 4.79 Å². The van der Waals surface area contributed by atoms with Crippen molar-refractivity contribution in [3.05, 3.63) is 23.8 Å². The van der Waals surface area contributed by atoms with Gasteiger partial charge in [-0.2, -0.15) is 26.3 Å². The Morgan fingerprint density at radius 3 is 2.00 bits per heavy atom. The average molecular weight is 314 g/mol. The maximum Gasteiger partial charge on any atom is 0.407 e. The normalized spacial score (nSPS) is 15.2. The van der Waals surface area contributed by atoms with E-state index in [0.29, 0.717) is 0 Å². The van der Waals surface area contributed by atoms with Crippen molar-refractivity contribution in [1.29, 1.82) is 0 Å². The minimum absolute atomic E-state index is 0.0600. The van der Waals surface area contributed by atoms with Crippen LogP contribution in [0.4, 0.5) is 26.3 Å². The van der Waals surface area contributed by atoms with Crippen molar-refractivity contribution in [3.63, 3.8) is 0 Å². The molecule has 2 rings (SSSR count). The molecule has 1 aromatic carbocycles. The fourth-order valence-corrected chi connectivity index (χ4v) is 1.85. The minimum atomic E-state index is -5.72. The SMILES string of the molecule is O=C(c1ccc2c(c1)OCCO2)C(C(F)(F)F)C(F)(F)F. The summed E-state index contributed by atoms with van der Waals surface area (Å²) >= 11 is 0. The number of carbonyl (C=O) groups excluding carboxylic acids is 1. The zero-order valence-electron chi connectivity index (χ0n) is 10.2. The lowest BCUT2D eigenvalue weighted by Crippen LogP contribution is -2.42. The Morgan fingerprint density at radius 2 is 1.48 bits per heavy atom. The minimum Gasteiger partial charge on any atom is -0.486 e. The van der Waals surface area contributed by atoms with Gasteiger partial charge in [0, 0.05) is 5.56 Å². The van der Waals surface area contributed by atoms with Crippen LogP contribution >= 0.6 is 0 Å². The number of carbonyl (C=O) groups is 1. The number of benzene rings is 1. The Hall–Kier alpha value is -1.93. The highest BCUT2D eigenvalue weighted by molar-refractivity contribution is 5.99. The van der Waals surface area contributed by atoms with Crippen molar-refractivity contribution in [2.45, 2.75) is 12.4 Å². The number of ether oxygens (including phenoxy) is 2. The van der Waals surface area contributed by atoms with Gasteiger partial charge in [0.1, 0.15) is 13.2 Å². The van der Waals surface area contributed by atoms with Gasteiger partial charge in [0.05, 0.1) is 0 Å². The molecule has 0 N–H and O–H groups in total. The van der Waals surface area contributed by atoms with Crippen LogP contribution in [0.15, 0.2) is 18.2 Å². The first-order chi connectivity index (χ1) is 9.60. The number of alkyl halides is 6. The summed E-state index contributed by atoms with van der Waals surface area (Å²) < 4.78 is 85.1. The van der Waals surface area contributed by atoms with E-state index in [1.54, 1.807) is 0 Å². The fraction of sp³-hybridized carbons (Fsp3) is 0.417. The fourth-order valence-electron chi connectivity index (χ4n) is 1.85. The van der Waals surface area contributed by atoms with Gasteiger partial charge in [0.15, 0.2) is 17.3 Å². The highest BCUT2D eigenvalue weighted by Gasteiger charge is 2.60. The summed E-state index contributed by atoms with van der Waals surface area (Å²) in [6.07, 6.45) is -11.4. The quantitative estimate of drug-likeness (QED) is 0.620.